The van der Waals surface area contributed by atoms with Crippen molar-refractivity contribution < 1.29 is 5.11 Å². The fraction of sp³-hybridized carbons (Fsp3) is 0.571. The van der Waals surface area contributed by atoms with Crippen LogP contribution in [0.2, 0.25) is 0 Å². The molecule has 96 valence electrons. The minimum atomic E-state index is 0.224. The highest BCUT2D eigenvalue weighted by atomic mass is 79.9. The number of benzene rings is 1. The molecule has 0 fully saturated rings. The molecule has 1 aromatic rings. The van der Waals surface area contributed by atoms with Gasteiger partial charge in [0.1, 0.15) is 5.75 Å². The SMILES string of the molecule is CCC(C)CNC(CC)c1cc(Br)ccc1O. The molecular weight excluding hydrogens is 278 g/mol. The van der Waals surface area contributed by atoms with Gasteiger partial charge in [-0.15, -0.1) is 0 Å². The van der Waals surface area contributed by atoms with Crippen molar-refractivity contribution in [3.8, 4) is 5.75 Å². The maximum absolute atomic E-state index is 9.90. The predicted molar refractivity (Wildman–Crippen MR) is 76.3 cm³/mol. The molecule has 2 N–H and O–H groups in total. The summed E-state index contributed by atoms with van der Waals surface area (Å²) in [6.07, 6.45) is 2.15. The van der Waals surface area contributed by atoms with Crippen LogP contribution in [-0.2, 0) is 0 Å². The van der Waals surface area contributed by atoms with Crippen molar-refractivity contribution in [3.05, 3.63) is 28.2 Å². The molecule has 0 aromatic heterocycles. The molecule has 0 heterocycles. The van der Waals surface area contributed by atoms with Crippen molar-refractivity contribution in [3.63, 3.8) is 0 Å². The fourth-order valence-corrected chi connectivity index (χ4v) is 2.15. The normalized spacial score (nSPS) is 14.6. The molecule has 0 radical (unpaired) electrons. The van der Waals surface area contributed by atoms with E-state index in [-0.39, 0.29) is 6.04 Å². The Kier molecular flexibility index (Phi) is 6.00. The zero-order valence-electron chi connectivity index (χ0n) is 10.8. The van der Waals surface area contributed by atoms with Gasteiger partial charge in [-0.1, -0.05) is 43.1 Å². The molecule has 0 saturated carbocycles. The standard InChI is InChI=1S/C14H22BrNO/c1-4-10(3)9-16-13(5-2)12-8-11(15)6-7-14(12)17/h6-8,10,13,16-17H,4-5,9H2,1-3H3. The Balaban J connectivity index is 2.75. The van der Waals surface area contributed by atoms with Gasteiger partial charge in [-0.3, -0.25) is 0 Å². The summed E-state index contributed by atoms with van der Waals surface area (Å²) in [6, 6.07) is 5.82. The van der Waals surface area contributed by atoms with E-state index in [0.717, 1.165) is 23.0 Å². The quantitative estimate of drug-likeness (QED) is 0.823. The summed E-state index contributed by atoms with van der Waals surface area (Å²) in [5.41, 5.74) is 0.977. The number of hydrogen-bond donors (Lipinski definition) is 2. The van der Waals surface area contributed by atoms with Crippen LogP contribution in [0.5, 0.6) is 5.75 Å². The van der Waals surface area contributed by atoms with Crippen molar-refractivity contribution in [1.82, 2.24) is 5.32 Å². The number of hydrogen-bond acceptors (Lipinski definition) is 2. The molecule has 1 rings (SSSR count). The van der Waals surface area contributed by atoms with Gasteiger partial charge in [0.15, 0.2) is 0 Å². The summed E-state index contributed by atoms with van der Waals surface area (Å²) in [5.74, 6) is 1.04. The smallest absolute Gasteiger partial charge is 0.120 e. The maximum atomic E-state index is 9.90. The van der Waals surface area contributed by atoms with Gasteiger partial charge in [0.25, 0.3) is 0 Å². The third kappa shape index (κ3) is 4.32. The van der Waals surface area contributed by atoms with Crippen molar-refractivity contribution in [2.45, 2.75) is 39.7 Å². The highest BCUT2D eigenvalue weighted by molar-refractivity contribution is 9.10. The molecular formula is C14H22BrNO. The second-order valence-corrected chi connectivity index (χ2v) is 5.50. The zero-order chi connectivity index (χ0) is 12.8. The van der Waals surface area contributed by atoms with Crippen molar-refractivity contribution in [2.24, 2.45) is 5.92 Å². The van der Waals surface area contributed by atoms with E-state index in [9.17, 15) is 5.11 Å². The summed E-state index contributed by atoms with van der Waals surface area (Å²) >= 11 is 3.45. The van der Waals surface area contributed by atoms with E-state index >= 15 is 0 Å². The Hall–Kier alpha value is -0.540. The molecule has 17 heavy (non-hydrogen) atoms. The molecule has 0 spiro atoms. The molecule has 2 nitrogen and oxygen atoms in total. The van der Waals surface area contributed by atoms with E-state index in [4.69, 9.17) is 0 Å². The van der Waals surface area contributed by atoms with Crippen LogP contribution in [-0.4, -0.2) is 11.7 Å². The van der Waals surface area contributed by atoms with Gasteiger partial charge >= 0.3 is 0 Å². The van der Waals surface area contributed by atoms with Gasteiger partial charge in [0.2, 0.25) is 0 Å². The molecule has 2 atom stereocenters. The van der Waals surface area contributed by atoms with Crippen LogP contribution in [0.15, 0.2) is 22.7 Å². The Morgan fingerprint density at radius 1 is 1.29 bits per heavy atom. The maximum Gasteiger partial charge on any atom is 0.120 e. The first kappa shape index (κ1) is 14.5. The van der Waals surface area contributed by atoms with Crippen molar-refractivity contribution in [2.75, 3.05) is 6.54 Å². The van der Waals surface area contributed by atoms with Gasteiger partial charge in [-0.05, 0) is 37.1 Å². The average molecular weight is 300 g/mol. The molecule has 0 aliphatic carbocycles. The lowest BCUT2D eigenvalue weighted by molar-refractivity contribution is 0.413. The van der Waals surface area contributed by atoms with E-state index in [2.05, 4.69) is 42.0 Å². The van der Waals surface area contributed by atoms with Gasteiger partial charge in [-0.2, -0.15) is 0 Å². The van der Waals surface area contributed by atoms with Crippen LogP contribution in [0, 0.1) is 5.92 Å². The number of phenols is 1. The van der Waals surface area contributed by atoms with Crippen LogP contribution >= 0.6 is 15.9 Å². The molecule has 1 aromatic carbocycles. The highest BCUT2D eigenvalue weighted by Crippen LogP contribution is 2.29. The van der Waals surface area contributed by atoms with E-state index < -0.39 is 0 Å². The third-order valence-corrected chi connectivity index (χ3v) is 3.68. The van der Waals surface area contributed by atoms with E-state index in [0.29, 0.717) is 11.7 Å². The molecule has 0 saturated heterocycles. The summed E-state index contributed by atoms with van der Waals surface area (Å²) in [4.78, 5) is 0. The molecule has 0 bridgehead atoms. The van der Waals surface area contributed by atoms with Gasteiger partial charge in [0, 0.05) is 16.1 Å². The Morgan fingerprint density at radius 2 is 2.00 bits per heavy atom. The van der Waals surface area contributed by atoms with Crippen molar-refractivity contribution >= 4 is 15.9 Å². The minimum Gasteiger partial charge on any atom is -0.508 e. The Bertz CT molecular complexity index is 354. The molecule has 0 aliphatic rings. The highest BCUT2D eigenvalue weighted by Gasteiger charge is 2.14. The van der Waals surface area contributed by atoms with Crippen LogP contribution in [0.1, 0.15) is 45.2 Å². The van der Waals surface area contributed by atoms with E-state index in [1.807, 2.05) is 12.1 Å². The Morgan fingerprint density at radius 3 is 2.59 bits per heavy atom. The van der Waals surface area contributed by atoms with E-state index in [1.165, 1.54) is 6.42 Å². The van der Waals surface area contributed by atoms with Gasteiger partial charge in [0.05, 0.1) is 0 Å². The summed E-state index contributed by atoms with van der Waals surface area (Å²) in [7, 11) is 0. The number of halogens is 1. The second-order valence-electron chi connectivity index (χ2n) is 4.59. The van der Waals surface area contributed by atoms with Gasteiger partial charge in [-0.25, -0.2) is 0 Å². The topological polar surface area (TPSA) is 32.3 Å². The molecule has 0 aliphatic heterocycles. The predicted octanol–water partition coefficient (Wildman–Crippen LogP) is 4.24. The average Bonchev–Trinajstić information content (AvgIpc) is 2.33. The van der Waals surface area contributed by atoms with E-state index in [1.54, 1.807) is 6.07 Å². The van der Waals surface area contributed by atoms with Crippen LogP contribution < -0.4 is 5.32 Å². The summed E-state index contributed by atoms with van der Waals surface area (Å²) in [6.45, 7) is 7.56. The number of aromatic hydroxyl groups is 1. The zero-order valence-corrected chi connectivity index (χ0v) is 12.4. The summed E-state index contributed by atoms with van der Waals surface area (Å²) in [5, 5.41) is 13.4. The lowest BCUT2D eigenvalue weighted by Gasteiger charge is -2.21. The second kappa shape index (κ2) is 7.02. The first-order chi connectivity index (χ1) is 8.08. The third-order valence-electron chi connectivity index (χ3n) is 3.18. The first-order valence-electron chi connectivity index (χ1n) is 6.30. The Labute approximate surface area is 113 Å². The van der Waals surface area contributed by atoms with Crippen LogP contribution in [0.4, 0.5) is 0 Å². The van der Waals surface area contributed by atoms with Gasteiger partial charge < -0.3 is 10.4 Å². The number of rotatable bonds is 6. The number of nitrogens with one attached hydrogen (secondary N) is 1. The molecule has 0 amide bonds. The minimum absolute atomic E-state index is 0.224. The number of phenolic OH excluding ortho intramolecular Hbond substituents is 1. The van der Waals surface area contributed by atoms with Crippen molar-refractivity contribution in [1.29, 1.82) is 0 Å². The molecule has 2 unspecified atom stereocenters. The lowest BCUT2D eigenvalue weighted by Crippen LogP contribution is -2.25. The summed E-state index contributed by atoms with van der Waals surface area (Å²) < 4.78 is 1.01. The van der Waals surface area contributed by atoms with Crippen LogP contribution in [0.25, 0.3) is 0 Å². The van der Waals surface area contributed by atoms with Crippen LogP contribution in [0.3, 0.4) is 0 Å². The largest absolute Gasteiger partial charge is 0.508 e. The molecule has 3 heteroatoms. The first-order valence-corrected chi connectivity index (χ1v) is 7.09. The monoisotopic (exact) mass is 299 g/mol. The fourth-order valence-electron chi connectivity index (χ4n) is 1.77. The lowest BCUT2D eigenvalue weighted by atomic mass is 10.0.